The first kappa shape index (κ1) is 11.0. The van der Waals surface area contributed by atoms with Crippen LogP contribution >= 0.6 is 15.9 Å². The molecule has 0 spiro atoms. The molecule has 0 bridgehead atoms. The molecule has 1 aliphatic heterocycles. The number of carbonyl (C=O) groups is 2. The molecule has 0 aliphatic carbocycles. The molecule has 3 nitrogen and oxygen atoms in total. The van der Waals surface area contributed by atoms with Crippen LogP contribution in [0.15, 0.2) is 29.3 Å². The molecule has 1 heterocycles. The van der Waals surface area contributed by atoms with E-state index in [4.69, 9.17) is 0 Å². The molecule has 0 unspecified atom stereocenters. The van der Waals surface area contributed by atoms with Gasteiger partial charge < -0.3 is 0 Å². The number of nitrogens with zero attached hydrogens (tertiary/aromatic N) is 1. The third kappa shape index (κ3) is 1.67. The Labute approximate surface area is 99.7 Å². The summed E-state index contributed by atoms with van der Waals surface area (Å²) in [6, 6.07) is 3.71. The first-order valence-corrected chi connectivity index (χ1v) is 5.29. The number of benzene rings is 1. The molecule has 0 saturated carbocycles. The molecule has 82 valence electrons. The van der Waals surface area contributed by atoms with Crippen LogP contribution in [0.25, 0.3) is 0 Å². The number of carbonyl (C=O) groups excluding carboxylic acids is 2. The molecule has 0 fully saturated rings. The lowest BCUT2D eigenvalue weighted by molar-refractivity contribution is -0.114. The van der Waals surface area contributed by atoms with Crippen molar-refractivity contribution in [1.82, 2.24) is 0 Å². The van der Waals surface area contributed by atoms with Crippen molar-refractivity contribution in [3.8, 4) is 0 Å². The molecule has 0 aromatic heterocycles. The zero-order valence-electron chi connectivity index (χ0n) is 8.17. The lowest BCUT2D eigenvalue weighted by atomic mass is 10.1. The molecule has 0 N–H and O–H groups in total. The first-order valence-electron chi connectivity index (χ1n) is 4.49. The third-order valence-corrected chi connectivity index (χ3v) is 2.51. The highest BCUT2D eigenvalue weighted by atomic mass is 79.9. The summed E-state index contributed by atoms with van der Waals surface area (Å²) in [4.78, 5) is 24.4. The van der Waals surface area contributed by atoms with E-state index in [-0.39, 0.29) is 12.1 Å². The lowest BCUT2D eigenvalue weighted by Crippen LogP contribution is -2.30. The predicted octanol–water partition coefficient (Wildman–Crippen LogP) is 2.26. The average molecular weight is 284 g/mol. The van der Waals surface area contributed by atoms with Gasteiger partial charge in [-0.3, -0.25) is 14.5 Å². The first-order chi connectivity index (χ1) is 7.50. The van der Waals surface area contributed by atoms with Gasteiger partial charge in [0.2, 0.25) is 0 Å². The second-order valence-electron chi connectivity index (χ2n) is 3.40. The van der Waals surface area contributed by atoms with E-state index in [1.165, 1.54) is 17.0 Å². The van der Waals surface area contributed by atoms with Gasteiger partial charge in [-0.2, -0.15) is 0 Å². The minimum Gasteiger partial charge on any atom is -0.300 e. The van der Waals surface area contributed by atoms with Crippen molar-refractivity contribution in [2.24, 2.45) is 0 Å². The summed E-state index contributed by atoms with van der Waals surface area (Å²) in [5.74, 6) is -1.86. The van der Waals surface area contributed by atoms with Gasteiger partial charge in [0.15, 0.2) is 0 Å². The number of hydrogen-bond acceptors (Lipinski definition) is 2. The van der Waals surface area contributed by atoms with Crippen molar-refractivity contribution in [3.05, 3.63) is 40.6 Å². The maximum absolute atomic E-state index is 12.9. The highest BCUT2D eigenvalue weighted by Gasteiger charge is 2.35. The van der Waals surface area contributed by atoms with Crippen molar-refractivity contribution in [1.29, 1.82) is 0 Å². The van der Waals surface area contributed by atoms with Crippen LogP contribution in [0.1, 0.15) is 10.4 Å². The van der Waals surface area contributed by atoms with Crippen molar-refractivity contribution < 1.29 is 14.0 Å². The number of fused-ring (bicyclic) bond motifs is 1. The third-order valence-electron chi connectivity index (χ3n) is 2.26. The SMILES string of the molecule is C=C(Br)CN1C(=O)C(=O)c2cc(F)ccc21. The fourth-order valence-corrected chi connectivity index (χ4v) is 1.85. The number of ketones is 1. The van der Waals surface area contributed by atoms with Gasteiger partial charge >= 0.3 is 0 Å². The molecule has 1 aromatic carbocycles. The summed E-state index contributed by atoms with van der Waals surface area (Å²) in [6.07, 6.45) is 0. The Morgan fingerprint density at radius 1 is 1.44 bits per heavy atom. The monoisotopic (exact) mass is 283 g/mol. The van der Waals surface area contributed by atoms with Crippen molar-refractivity contribution in [2.45, 2.75) is 0 Å². The highest BCUT2D eigenvalue weighted by Crippen LogP contribution is 2.30. The van der Waals surface area contributed by atoms with E-state index >= 15 is 0 Å². The Balaban J connectivity index is 2.50. The fraction of sp³-hybridized carbons (Fsp3) is 0.0909. The van der Waals surface area contributed by atoms with Crippen molar-refractivity contribution >= 4 is 33.3 Å². The zero-order chi connectivity index (χ0) is 11.9. The summed E-state index contributed by atoms with van der Waals surface area (Å²) >= 11 is 3.12. The van der Waals surface area contributed by atoms with E-state index in [2.05, 4.69) is 22.5 Å². The number of hydrogen-bond donors (Lipinski definition) is 0. The standard InChI is InChI=1S/C11H7BrFNO2/c1-6(12)5-14-9-3-2-7(13)4-8(9)10(15)11(14)16/h2-4H,1,5H2. The Morgan fingerprint density at radius 3 is 2.75 bits per heavy atom. The Kier molecular flexibility index (Phi) is 2.63. The van der Waals surface area contributed by atoms with Crippen LogP contribution in [-0.4, -0.2) is 18.2 Å². The summed E-state index contributed by atoms with van der Waals surface area (Å²) in [5.41, 5.74) is 0.538. The van der Waals surface area contributed by atoms with E-state index in [1.807, 2.05) is 0 Å². The number of amides is 1. The largest absolute Gasteiger partial charge is 0.300 e. The summed E-state index contributed by atoms with van der Waals surface area (Å²) in [7, 11) is 0. The second kappa shape index (κ2) is 3.83. The highest BCUT2D eigenvalue weighted by molar-refractivity contribution is 9.11. The maximum Gasteiger partial charge on any atom is 0.299 e. The maximum atomic E-state index is 12.9. The molecule has 0 radical (unpaired) electrons. The van der Waals surface area contributed by atoms with Gasteiger partial charge in [-0.25, -0.2) is 4.39 Å². The minimum absolute atomic E-state index is 0.110. The van der Waals surface area contributed by atoms with Gasteiger partial charge in [-0.15, -0.1) is 0 Å². The summed E-state index contributed by atoms with van der Waals surface area (Å²) in [6.45, 7) is 3.80. The number of halogens is 2. The molecule has 5 heteroatoms. The Morgan fingerprint density at radius 2 is 2.12 bits per heavy atom. The molecule has 0 atom stereocenters. The van der Waals surface area contributed by atoms with Crippen LogP contribution in [0.3, 0.4) is 0 Å². The van der Waals surface area contributed by atoms with E-state index in [9.17, 15) is 14.0 Å². The van der Waals surface area contributed by atoms with Crippen LogP contribution in [0, 0.1) is 5.82 Å². The predicted molar refractivity (Wildman–Crippen MR) is 61.2 cm³/mol. The number of rotatable bonds is 2. The smallest absolute Gasteiger partial charge is 0.299 e. The lowest BCUT2D eigenvalue weighted by Gasteiger charge is -2.15. The molecule has 0 saturated heterocycles. The van der Waals surface area contributed by atoms with Gasteiger partial charge in [0.1, 0.15) is 5.82 Å². The van der Waals surface area contributed by atoms with Crippen LogP contribution in [0.4, 0.5) is 10.1 Å². The molecule has 2 rings (SSSR count). The zero-order valence-corrected chi connectivity index (χ0v) is 9.75. The summed E-state index contributed by atoms with van der Waals surface area (Å²) < 4.78 is 13.5. The molecule has 16 heavy (non-hydrogen) atoms. The summed E-state index contributed by atoms with van der Waals surface area (Å²) in [5, 5.41) is 0. The molecule has 1 aromatic rings. The van der Waals surface area contributed by atoms with Gasteiger partial charge in [-0.05, 0) is 18.2 Å². The van der Waals surface area contributed by atoms with Gasteiger partial charge in [0.25, 0.3) is 11.7 Å². The van der Waals surface area contributed by atoms with Crippen molar-refractivity contribution in [3.63, 3.8) is 0 Å². The minimum atomic E-state index is -0.678. The van der Waals surface area contributed by atoms with E-state index < -0.39 is 17.5 Å². The van der Waals surface area contributed by atoms with Gasteiger partial charge in [0, 0.05) is 4.48 Å². The van der Waals surface area contributed by atoms with Crippen LogP contribution < -0.4 is 4.90 Å². The van der Waals surface area contributed by atoms with Gasteiger partial charge in [0.05, 0.1) is 17.8 Å². The molecular formula is C11H7BrFNO2. The average Bonchev–Trinajstić information content (AvgIpc) is 2.43. The molecule has 1 aliphatic rings. The van der Waals surface area contributed by atoms with Crippen LogP contribution in [0.5, 0.6) is 0 Å². The fourth-order valence-electron chi connectivity index (χ4n) is 1.60. The number of anilines is 1. The molecule has 1 amide bonds. The Hall–Kier alpha value is -1.49. The van der Waals surface area contributed by atoms with Gasteiger partial charge in [-0.1, -0.05) is 22.5 Å². The normalized spacial score (nSPS) is 14.2. The molecular weight excluding hydrogens is 277 g/mol. The van der Waals surface area contributed by atoms with Crippen molar-refractivity contribution in [2.75, 3.05) is 11.4 Å². The topological polar surface area (TPSA) is 37.4 Å². The quantitative estimate of drug-likeness (QED) is 0.781. The van der Waals surface area contributed by atoms with Crippen LogP contribution in [0.2, 0.25) is 0 Å². The second-order valence-corrected chi connectivity index (χ2v) is 4.52. The number of Topliss-reactive ketones (excluding diaryl/α,β-unsaturated/α-hetero) is 1. The van der Waals surface area contributed by atoms with Crippen LogP contribution in [-0.2, 0) is 4.79 Å². The van der Waals surface area contributed by atoms with E-state index in [0.717, 1.165) is 6.07 Å². The Bertz CT molecular complexity index is 513. The van der Waals surface area contributed by atoms with E-state index in [0.29, 0.717) is 10.2 Å². The van der Waals surface area contributed by atoms with E-state index in [1.54, 1.807) is 0 Å².